The van der Waals surface area contributed by atoms with E-state index in [-0.39, 0.29) is 36.5 Å². The van der Waals surface area contributed by atoms with E-state index in [1.807, 2.05) is 19.9 Å². The number of benzene rings is 1. The highest BCUT2D eigenvalue weighted by Gasteiger charge is 2.17. The van der Waals surface area contributed by atoms with Crippen LogP contribution in [0, 0.1) is 0 Å². The lowest BCUT2D eigenvalue weighted by molar-refractivity contribution is -0.906. The van der Waals surface area contributed by atoms with Crippen molar-refractivity contribution in [3.8, 4) is 0 Å². The summed E-state index contributed by atoms with van der Waals surface area (Å²) in [4.78, 5) is 44.3. The molecule has 0 spiro atoms. The van der Waals surface area contributed by atoms with Gasteiger partial charge in [-0.2, -0.15) is 0 Å². The number of methoxy groups -OCH3 is 1. The van der Waals surface area contributed by atoms with E-state index in [1.165, 1.54) is 0 Å². The topological polar surface area (TPSA) is 118 Å². The van der Waals surface area contributed by atoms with Crippen molar-refractivity contribution in [2.75, 3.05) is 33.4 Å². The molecule has 0 aliphatic carbocycles. The largest absolute Gasteiger partial charge is 0.379 e. The van der Waals surface area contributed by atoms with Gasteiger partial charge in [0.1, 0.15) is 13.1 Å². The number of carbonyl (C=O) groups excluding carboxylic acids is 2. The molecular formula is C19H28N5O4+. The van der Waals surface area contributed by atoms with Crippen LogP contribution in [0.5, 0.6) is 0 Å². The minimum Gasteiger partial charge on any atom is -0.379 e. The third-order valence-electron chi connectivity index (χ3n) is 4.05. The molecule has 0 radical (unpaired) electrons. The van der Waals surface area contributed by atoms with Gasteiger partial charge in [-0.15, -0.1) is 0 Å². The van der Waals surface area contributed by atoms with Gasteiger partial charge in [0.15, 0.2) is 12.4 Å². The molecule has 2 aromatic rings. The molecule has 4 N–H and O–H groups in total. The number of aromatic nitrogens is 2. The Bertz CT molecular complexity index is 865. The summed E-state index contributed by atoms with van der Waals surface area (Å²) in [6.45, 7) is 5.14. The Hall–Kier alpha value is -2.78. The van der Waals surface area contributed by atoms with Gasteiger partial charge < -0.3 is 25.3 Å². The smallest absolute Gasteiger partial charge is 0.275 e. The van der Waals surface area contributed by atoms with E-state index in [1.54, 1.807) is 25.3 Å². The van der Waals surface area contributed by atoms with Crippen molar-refractivity contribution >= 4 is 22.7 Å². The van der Waals surface area contributed by atoms with Crippen molar-refractivity contribution in [1.29, 1.82) is 0 Å². The number of H-pyrrole nitrogens is 1. The summed E-state index contributed by atoms with van der Waals surface area (Å²) >= 11 is 0. The molecule has 0 saturated carbocycles. The Labute approximate surface area is 163 Å². The number of hydrogen-bond donors (Lipinski definition) is 4. The maximum Gasteiger partial charge on any atom is 0.275 e. The molecule has 2 amide bonds. The summed E-state index contributed by atoms with van der Waals surface area (Å²) in [6, 6.07) is 7.13. The van der Waals surface area contributed by atoms with Crippen molar-refractivity contribution in [2.45, 2.75) is 26.4 Å². The monoisotopic (exact) mass is 390 g/mol. The highest BCUT2D eigenvalue weighted by molar-refractivity contribution is 5.85. The lowest BCUT2D eigenvalue weighted by Gasteiger charge is -2.18. The highest BCUT2D eigenvalue weighted by Crippen LogP contribution is 2.04. The number of ether oxygens (including phenoxy) is 1. The van der Waals surface area contributed by atoms with Gasteiger partial charge in [-0.05, 0) is 26.0 Å². The number of aromatic amines is 1. The summed E-state index contributed by atoms with van der Waals surface area (Å²) in [6.07, 6.45) is 0. The fourth-order valence-electron chi connectivity index (χ4n) is 2.78. The van der Waals surface area contributed by atoms with Crippen LogP contribution in [0.4, 0.5) is 0 Å². The molecule has 152 valence electrons. The Morgan fingerprint density at radius 1 is 1.25 bits per heavy atom. The summed E-state index contributed by atoms with van der Waals surface area (Å²) in [5.74, 6) is 0.00983. The average molecular weight is 390 g/mol. The predicted molar refractivity (Wildman–Crippen MR) is 105 cm³/mol. The zero-order valence-electron chi connectivity index (χ0n) is 16.5. The van der Waals surface area contributed by atoms with Crippen LogP contribution in [0.15, 0.2) is 29.1 Å². The van der Waals surface area contributed by atoms with Gasteiger partial charge in [-0.3, -0.25) is 14.4 Å². The minimum absolute atomic E-state index is 0.0176. The number of hydrogen-bond acceptors (Lipinski definition) is 5. The van der Waals surface area contributed by atoms with E-state index in [2.05, 4.69) is 20.6 Å². The fourth-order valence-corrected chi connectivity index (χ4v) is 2.78. The summed E-state index contributed by atoms with van der Waals surface area (Å²) in [5.41, 5.74) is 0.406. The second-order valence-corrected chi connectivity index (χ2v) is 6.88. The molecule has 0 aliphatic heterocycles. The Morgan fingerprint density at radius 2 is 2.00 bits per heavy atom. The molecule has 1 aromatic heterocycles. The lowest BCUT2D eigenvalue weighted by Crippen LogP contribution is -3.12. The summed E-state index contributed by atoms with van der Waals surface area (Å²) in [5, 5.41) is 5.86. The van der Waals surface area contributed by atoms with Crippen LogP contribution in [0.2, 0.25) is 0 Å². The number of amides is 2. The molecule has 2 rings (SSSR count). The second kappa shape index (κ2) is 10.5. The summed E-state index contributed by atoms with van der Waals surface area (Å²) < 4.78 is 5.12. The molecular weight excluding hydrogens is 362 g/mol. The molecule has 28 heavy (non-hydrogen) atoms. The quantitative estimate of drug-likeness (QED) is 0.398. The fraction of sp³-hybridized carbons (Fsp3) is 0.474. The number of nitrogens with one attached hydrogen (secondary N) is 4. The van der Waals surface area contributed by atoms with Gasteiger partial charge in [0.05, 0.1) is 24.1 Å². The van der Waals surface area contributed by atoms with E-state index >= 15 is 0 Å². The van der Waals surface area contributed by atoms with E-state index in [0.717, 1.165) is 4.90 Å². The number of rotatable bonds is 10. The standard InChI is InChI=1S/C19H27N5O4/c1-13(2)21-17(25)10-20-18(26)12-24(8-9-28-3)11-16-22-15-7-5-4-6-14(15)19(27)23-16/h4-7,13H,8-12H2,1-3H3,(H,20,26)(H,21,25)(H,22,23,27)/p+1. The first-order chi connectivity index (χ1) is 13.4. The first kappa shape index (κ1) is 21.5. The highest BCUT2D eigenvalue weighted by atomic mass is 16.5. The molecule has 0 fully saturated rings. The normalized spacial score (nSPS) is 12.1. The maximum absolute atomic E-state index is 12.2. The molecule has 1 aromatic carbocycles. The van der Waals surface area contributed by atoms with Crippen molar-refractivity contribution in [1.82, 2.24) is 20.6 Å². The van der Waals surface area contributed by atoms with Crippen LogP contribution >= 0.6 is 0 Å². The van der Waals surface area contributed by atoms with Gasteiger partial charge in [0.2, 0.25) is 5.91 Å². The second-order valence-electron chi connectivity index (χ2n) is 6.88. The van der Waals surface area contributed by atoms with Crippen LogP contribution in [-0.2, 0) is 20.9 Å². The van der Waals surface area contributed by atoms with Crippen LogP contribution in [-0.4, -0.2) is 61.2 Å². The zero-order chi connectivity index (χ0) is 20.5. The Kier molecular flexibility index (Phi) is 8.09. The van der Waals surface area contributed by atoms with Gasteiger partial charge in [-0.25, -0.2) is 4.98 Å². The van der Waals surface area contributed by atoms with Crippen molar-refractivity contribution in [2.24, 2.45) is 0 Å². The predicted octanol–water partition coefficient (Wildman–Crippen LogP) is -1.40. The molecule has 1 heterocycles. The Morgan fingerprint density at radius 3 is 2.71 bits per heavy atom. The van der Waals surface area contributed by atoms with Crippen LogP contribution < -0.4 is 21.1 Å². The van der Waals surface area contributed by atoms with Crippen molar-refractivity contribution < 1.29 is 19.2 Å². The Balaban J connectivity index is 2.02. The van der Waals surface area contributed by atoms with Crippen molar-refractivity contribution in [3.05, 3.63) is 40.4 Å². The van der Waals surface area contributed by atoms with Crippen LogP contribution in [0.25, 0.3) is 10.9 Å². The molecule has 0 aliphatic rings. The minimum atomic E-state index is -0.256. The molecule has 1 unspecified atom stereocenters. The molecule has 0 saturated heterocycles. The van der Waals surface area contributed by atoms with E-state index in [4.69, 9.17) is 4.74 Å². The number of nitrogens with zero attached hydrogens (tertiary/aromatic N) is 1. The SMILES string of the molecule is COCC[NH+](CC(=O)NCC(=O)NC(C)C)Cc1nc2ccccc2c(=O)[nH]1. The maximum atomic E-state index is 12.2. The molecule has 9 heteroatoms. The van der Waals surface area contributed by atoms with E-state index < -0.39 is 0 Å². The van der Waals surface area contributed by atoms with Gasteiger partial charge in [-0.1, -0.05) is 12.1 Å². The van der Waals surface area contributed by atoms with Crippen molar-refractivity contribution in [3.63, 3.8) is 0 Å². The van der Waals surface area contributed by atoms with Crippen LogP contribution in [0.3, 0.4) is 0 Å². The number of carbonyl (C=O) groups is 2. The number of quaternary nitrogens is 1. The molecule has 9 nitrogen and oxygen atoms in total. The van der Waals surface area contributed by atoms with Gasteiger partial charge in [0.25, 0.3) is 11.5 Å². The first-order valence-corrected chi connectivity index (χ1v) is 9.25. The molecule has 0 bridgehead atoms. The number of para-hydroxylation sites is 1. The first-order valence-electron chi connectivity index (χ1n) is 9.25. The van der Waals surface area contributed by atoms with E-state index in [0.29, 0.717) is 36.4 Å². The number of fused-ring (bicyclic) bond motifs is 1. The summed E-state index contributed by atoms with van der Waals surface area (Å²) in [7, 11) is 1.59. The van der Waals surface area contributed by atoms with Gasteiger partial charge >= 0.3 is 0 Å². The molecule has 1 atom stereocenters. The third kappa shape index (κ3) is 6.75. The van der Waals surface area contributed by atoms with E-state index in [9.17, 15) is 14.4 Å². The third-order valence-corrected chi connectivity index (χ3v) is 4.05. The van der Waals surface area contributed by atoms with Gasteiger partial charge in [0, 0.05) is 13.2 Å². The van der Waals surface area contributed by atoms with Crippen LogP contribution in [0.1, 0.15) is 19.7 Å². The zero-order valence-corrected chi connectivity index (χ0v) is 16.5. The lowest BCUT2D eigenvalue weighted by atomic mass is 10.2. The average Bonchev–Trinajstić information content (AvgIpc) is 2.64.